The number of anilines is 1. The second-order valence-corrected chi connectivity index (χ2v) is 7.21. The van der Waals surface area contributed by atoms with Crippen LogP contribution in [0.25, 0.3) is 0 Å². The quantitative estimate of drug-likeness (QED) is 0.846. The van der Waals surface area contributed by atoms with Crippen molar-refractivity contribution >= 4 is 5.95 Å². The fraction of sp³-hybridized carbons (Fsp3) is 0.778. The van der Waals surface area contributed by atoms with Crippen molar-refractivity contribution in [1.82, 2.24) is 19.8 Å². The molecule has 23 heavy (non-hydrogen) atoms. The minimum absolute atomic E-state index is 0.850. The molecule has 3 rings (SSSR count). The minimum Gasteiger partial charge on any atom is -0.338 e. The summed E-state index contributed by atoms with van der Waals surface area (Å²) >= 11 is 0. The first kappa shape index (κ1) is 16.7. The van der Waals surface area contributed by atoms with E-state index < -0.39 is 0 Å². The Morgan fingerprint density at radius 3 is 2.65 bits per heavy atom. The molecule has 2 aliphatic rings. The number of nitrogens with zero attached hydrogens (tertiary/aromatic N) is 5. The Bertz CT molecular complexity index is 510. The fourth-order valence-corrected chi connectivity index (χ4v) is 3.89. The molecule has 0 spiro atoms. The lowest BCUT2D eigenvalue weighted by atomic mass is 9.97. The Balaban J connectivity index is 1.52. The fourth-order valence-electron chi connectivity index (χ4n) is 3.89. The number of hydrogen-bond donors (Lipinski definition) is 0. The zero-order valence-corrected chi connectivity index (χ0v) is 15.0. The summed E-state index contributed by atoms with van der Waals surface area (Å²) < 4.78 is 0. The predicted octanol–water partition coefficient (Wildman–Crippen LogP) is 1.81. The highest BCUT2D eigenvalue weighted by Gasteiger charge is 2.24. The number of aromatic nitrogens is 2. The third kappa shape index (κ3) is 4.21. The molecule has 2 aliphatic heterocycles. The zero-order chi connectivity index (χ0) is 16.2. The van der Waals surface area contributed by atoms with Gasteiger partial charge in [-0.05, 0) is 51.3 Å². The van der Waals surface area contributed by atoms with Gasteiger partial charge >= 0.3 is 0 Å². The van der Waals surface area contributed by atoms with E-state index in [1.807, 2.05) is 6.20 Å². The van der Waals surface area contributed by atoms with E-state index in [1.165, 1.54) is 43.7 Å². The molecule has 1 unspecified atom stereocenters. The zero-order valence-electron chi connectivity index (χ0n) is 15.0. The molecule has 2 saturated heterocycles. The Morgan fingerprint density at radius 2 is 1.96 bits per heavy atom. The van der Waals surface area contributed by atoms with Gasteiger partial charge in [-0.1, -0.05) is 6.92 Å². The molecule has 5 heteroatoms. The highest BCUT2D eigenvalue weighted by atomic mass is 15.3. The van der Waals surface area contributed by atoms with Gasteiger partial charge in [0.1, 0.15) is 0 Å². The highest BCUT2D eigenvalue weighted by Crippen LogP contribution is 2.19. The van der Waals surface area contributed by atoms with Crippen molar-refractivity contribution in [3.8, 4) is 0 Å². The summed E-state index contributed by atoms with van der Waals surface area (Å²) in [5.74, 6) is 1.77. The summed E-state index contributed by atoms with van der Waals surface area (Å²) in [4.78, 5) is 16.8. The van der Waals surface area contributed by atoms with Gasteiger partial charge in [-0.3, -0.25) is 4.90 Å². The van der Waals surface area contributed by atoms with Gasteiger partial charge in [0.15, 0.2) is 0 Å². The van der Waals surface area contributed by atoms with Crippen molar-refractivity contribution in [2.45, 2.75) is 33.1 Å². The Kier molecular flexibility index (Phi) is 5.49. The van der Waals surface area contributed by atoms with E-state index in [-0.39, 0.29) is 0 Å². The monoisotopic (exact) mass is 317 g/mol. The third-order valence-corrected chi connectivity index (χ3v) is 5.29. The summed E-state index contributed by atoms with van der Waals surface area (Å²) in [7, 11) is 2.25. The topological polar surface area (TPSA) is 35.5 Å². The van der Waals surface area contributed by atoms with Gasteiger partial charge in [-0.15, -0.1) is 0 Å². The van der Waals surface area contributed by atoms with Gasteiger partial charge in [0.25, 0.3) is 0 Å². The molecule has 5 nitrogen and oxygen atoms in total. The lowest BCUT2D eigenvalue weighted by Gasteiger charge is -2.38. The molecule has 0 aliphatic carbocycles. The van der Waals surface area contributed by atoms with Crippen molar-refractivity contribution in [3.63, 3.8) is 0 Å². The van der Waals surface area contributed by atoms with Crippen LogP contribution in [-0.2, 0) is 6.42 Å². The largest absolute Gasteiger partial charge is 0.338 e. The van der Waals surface area contributed by atoms with E-state index >= 15 is 0 Å². The maximum Gasteiger partial charge on any atom is 0.225 e. The van der Waals surface area contributed by atoms with Crippen LogP contribution in [0.2, 0.25) is 0 Å². The van der Waals surface area contributed by atoms with Crippen molar-refractivity contribution in [2.24, 2.45) is 5.92 Å². The van der Waals surface area contributed by atoms with Gasteiger partial charge in [0.05, 0.1) is 0 Å². The van der Waals surface area contributed by atoms with Gasteiger partial charge in [-0.25, -0.2) is 9.97 Å². The van der Waals surface area contributed by atoms with Crippen LogP contribution in [-0.4, -0.2) is 72.6 Å². The van der Waals surface area contributed by atoms with Crippen LogP contribution < -0.4 is 4.90 Å². The molecule has 1 atom stereocenters. The molecule has 3 heterocycles. The molecule has 1 aromatic rings. The van der Waals surface area contributed by atoms with E-state index in [4.69, 9.17) is 4.98 Å². The van der Waals surface area contributed by atoms with Crippen LogP contribution in [0, 0.1) is 12.8 Å². The number of aryl methyl sites for hydroxylation is 2. The van der Waals surface area contributed by atoms with Gasteiger partial charge < -0.3 is 9.80 Å². The summed E-state index contributed by atoms with van der Waals surface area (Å²) in [6.45, 7) is 12.4. The average Bonchev–Trinajstić information content (AvgIpc) is 2.56. The number of hydrogen-bond acceptors (Lipinski definition) is 5. The molecule has 1 aromatic heterocycles. The van der Waals surface area contributed by atoms with E-state index in [0.29, 0.717) is 0 Å². The first-order chi connectivity index (χ1) is 11.2. The molecule has 0 amide bonds. The van der Waals surface area contributed by atoms with E-state index in [1.54, 1.807) is 0 Å². The van der Waals surface area contributed by atoms with Crippen molar-refractivity contribution < 1.29 is 0 Å². The Labute approximate surface area is 140 Å². The SMILES string of the molecule is CCc1nc(N2CCN(CC3CCCN(C)C3)CC2)ncc1C. The molecule has 0 aromatic carbocycles. The lowest BCUT2D eigenvalue weighted by molar-refractivity contribution is 0.147. The van der Waals surface area contributed by atoms with Crippen LogP contribution in [0.1, 0.15) is 31.0 Å². The molecule has 0 bridgehead atoms. The second-order valence-electron chi connectivity index (χ2n) is 7.21. The van der Waals surface area contributed by atoms with Crippen LogP contribution in [0.4, 0.5) is 5.95 Å². The van der Waals surface area contributed by atoms with Crippen LogP contribution >= 0.6 is 0 Å². The standard InChI is InChI=1S/C18H31N5/c1-4-17-15(2)12-19-18(20-17)23-10-8-22(9-11-23)14-16-6-5-7-21(3)13-16/h12,16H,4-11,13-14H2,1-3H3. The molecular formula is C18H31N5. The normalized spacial score (nSPS) is 24.1. The van der Waals surface area contributed by atoms with E-state index in [0.717, 1.165) is 44.5 Å². The van der Waals surface area contributed by atoms with Gasteiger partial charge in [0, 0.05) is 51.2 Å². The third-order valence-electron chi connectivity index (χ3n) is 5.29. The molecule has 0 saturated carbocycles. The van der Waals surface area contributed by atoms with E-state index in [2.05, 4.69) is 40.6 Å². The lowest BCUT2D eigenvalue weighted by Crippen LogP contribution is -2.49. The minimum atomic E-state index is 0.850. The summed E-state index contributed by atoms with van der Waals surface area (Å²) in [5.41, 5.74) is 2.39. The predicted molar refractivity (Wildman–Crippen MR) is 95.0 cm³/mol. The molecule has 2 fully saturated rings. The summed E-state index contributed by atoms with van der Waals surface area (Å²) in [6.07, 6.45) is 5.71. The van der Waals surface area contributed by atoms with Gasteiger partial charge in [0.2, 0.25) is 5.95 Å². The van der Waals surface area contributed by atoms with Crippen LogP contribution in [0.15, 0.2) is 6.20 Å². The second kappa shape index (κ2) is 7.58. The van der Waals surface area contributed by atoms with Gasteiger partial charge in [-0.2, -0.15) is 0 Å². The molecular weight excluding hydrogens is 286 g/mol. The summed E-state index contributed by atoms with van der Waals surface area (Å²) in [6, 6.07) is 0. The number of piperazine rings is 1. The Morgan fingerprint density at radius 1 is 1.17 bits per heavy atom. The van der Waals surface area contributed by atoms with Crippen LogP contribution in [0.5, 0.6) is 0 Å². The first-order valence-electron chi connectivity index (χ1n) is 9.14. The smallest absolute Gasteiger partial charge is 0.225 e. The molecule has 0 N–H and O–H groups in total. The van der Waals surface area contributed by atoms with Crippen molar-refractivity contribution in [3.05, 3.63) is 17.5 Å². The van der Waals surface area contributed by atoms with E-state index in [9.17, 15) is 0 Å². The Hall–Kier alpha value is -1.20. The van der Waals surface area contributed by atoms with Crippen molar-refractivity contribution in [2.75, 3.05) is 57.8 Å². The first-order valence-corrected chi connectivity index (χ1v) is 9.14. The van der Waals surface area contributed by atoms with Crippen molar-refractivity contribution in [1.29, 1.82) is 0 Å². The average molecular weight is 317 g/mol. The number of piperidine rings is 1. The van der Waals surface area contributed by atoms with Crippen LogP contribution in [0.3, 0.4) is 0 Å². The maximum absolute atomic E-state index is 4.75. The number of rotatable bonds is 4. The highest BCUT2D eigenvalue weighted by molar-refractivity contribution is 5.33. The maximum atomic E-state index is 4.75. The number of likely N-dealkylation sites (tertiary alicyclic amines) is 1. The molecule has 0 radical (unpaired) electrons. The molecule has 128 valence electrons. The summed E-state index contributed by atoms with van der Waals surface area (Å²) in [5, 5.41) is 0.